The molecule has 2 aromatic carbocycles. The summed E-state index contributed by atoms with van der Waals surface area (Å²) in [4.78, 5) is 42.7. The number of rotatable bonds is 5. The molecule has 0 bridgehead atoms. The lowest BCUT2D eigenvalue weighted by atomic mass is 9.94. The molecule has 0 unspecified atom stereocenters. The number of pyridine rings is 1. The van der Waals surface area contributed by atoms with Gasteiger partial charge in [-0.25, -0.2) is 0 Å². The number of aromatic nitrogens is 1. The highest BCUT2D eigenvalue weighted by molar-refractivity contribution is 6.25. The molecule has 0 spiro atoms. The second kappa shape index (κ2) is 7.44. The zero-order valence-corrected chi connectivity index (χ0v) is 15.0. The number of nitrogens with one attached hydrogen (secondary N) is 1. The number of hydrogen-bond acceptors (Lipinski definition) is 4. The molecule has 6 heteroatoms. The maximum absolute atomic E-state index is 12.8. The van der Waals surface area contributed by atoms with Gasteiger partial charge in [-0.05, 0) is 35.2 Å². The van der Waals surface area contributed by atoms with Gasteiger partial charge in [0.1, 0.15) is 0 Å². The van der Waals surface area contributed by atoms with Crippen LogP contribution < -0.4 is 5.32 Å². The van der Waals surface area contributed by atoms with Gasteiger partial charge in [0, 0.05) is 48.1 Å². The molecule has 3 aromatic rings. The minimum atomic E-state index is -0.338. The standard InChI is InChI=1S/C22H17N3O3/c26-19(10-9-15-4-3-11-23-14-15)24-12-13-25-21(27)17-7-1-5-16-6-2-8-18(20(16)17)22(25)28/h1-11,14H,12-13H2,(H,24,26). The Balaban J connectivity index is 1.43. The van der Waals surface area contributed by atoms with Gasteiger partial charge in [0.2, 0.25) is 5.91 Å². The Hall–Kier alpha value is -3.80. The van der Waals surface area contributed by atoms with Crippen molar-refractivity contribution in [3.63, 3.8) is 0 Å². The lowest BCUT2D eigenvalue weighted by Crippen LogP contribution is -2.44. The maximum atomic E-state index is 12.8. The first-order chi connectivity index (χ1) is 13.6. The highest BCUT2D eigenvalue weighted by atomic mass is 16.2. The van der Waals surface area contributed by atoms with Crippen molar-refractivity contribution in [2.45, 2.75) is 0 Å². The molecular weight excluding hydrogens is 354 g/mol. The maximum Gasteiger partial charge on any atom is 0.261 e. The van der Waals surface area contributed by atoms with E-state index in [1.165, 1.54) is 11.0 Å². The Bertz CT molecular complexity index is 1060. The quantitative estimate of drug-likeness (QED) is 0.552. The molecule has 0 aliphatic carbocycles. The van der Waals surface area contributed by atoms with E-state index in [0.29, 0.717) is 16.5 Å². The lowest BCUT2D eigenvalue weighted by Gasteiger charge is -2.27. The van der Waals surface area contributed by atoms with Crippen molar-refractivity contribution in [3.8, 4) is 0 Å². The van der Waals surface area contributed by atoms with Gasteiger partial charge in [0.15, 0.2) is 0 Å². The van der Waals surface area contributed by atoms with E-state index in [0.717, 1.165) is 10.9 Å². The summed E-state index contributed by atoms with van der Waals surface area (Å²) in [5.74, 6) is -0.979. The summed E-state index contributed by atoms with van der Waals surface area (Å²) in [5, 5.41) is 4.26. The predicted molar refractivity (Wildman–Crippen MR) is 106 cm³/mol. The average molecular weight is 371 g/mol. The number of hydrogen-bond donors (Lipinski definition) is 1. The summed E-state index contributed by atoms with van der Waals surface area (Å²) < 4.78 is 0. The molecule has 0 radical (unpaired) electrons. The molecule has 0 saturated heterocycles. The SMILES string of the molecule is O=C(C=Cc1cccnc1)NCCN1C(=O)c2cccc3cccc(c23)C1=O. The van der Waals surface area contributed by atoms with Gasteiger partial charge in [-0.1, -0.05) is 30.3 Å². The monoisotopic (exact) mass is 371 g/mol. The molecule has 3 amide bonds. The van der Waals surface area contributed by atoms with Crippen LogP contribution >= 0.6 is 0 Å². The second-order valence-corrected chi connectivity index (χ2v) is 6.38. The summed E-state index contributed by atoms with van der Waals surface area (Å²) in [7, 11) is 0. The zero-order chi connectivity index (χ0) is 19.5. The molecule has 1 aliphatic rings. The Labute approximate surface area is 161 Å². The summed E-state index contributed by atoms with van der Waals surface area (Å²) in [5.41, 5.74) is 1.83. The van der Waals surface area contributed by atoms with Crippen LogP contribution in [0.3, 0.4) is 0 Å². The van der Waals surface area contributed by atoms with E-state index < -0.39 is 0 Å². The molecule has 4 rings (SSSR count). The third-order valence-electron chi connectivity index (χ3n) is 4.60. The number of imide groups is 1. The number of benzene rings is 2. The van der Waals surface area contributed by atoms with Crippen molar-refractivity contribution in [1.82, 2.24) is 15.2 Å². The summed E-state index contributed by atoms with van der Waals surface area (Å²) >= 11 is 0. The minimum absolute atomic E-state index is 0.106. The largest absolute Gasteiger partial charge is 0.351 e. The van der Waals surface area contributed by atoms with Crippen LogP contribution in [0.5, 0.6) is 0 Å². The third-order valence-corrected chi connectivity index (χ3v) is 4.60. The minimum Gasteiger partial charge on any atom is -0.351 e. The Morgan fingerprint density at radius 1 is 1.00 bits per heavy atom. The van der Waals surface area contributed by atoms with Gasteiger partial charge in [-0.15, -0.1) is 0 Å². The van der Waals surface area contributed by atoms with E-state index in [-0.39, 0.29) is 30.8 Å². The summed E-state index contributed by atoms with van der Waals surface area (Å²) in [6, 6.07) is 14.4. The van der Waals surface area contributed by atoms with Gasteiger partial charge in [-0.3, -0.25) is 24.3 Å². The number of carbonyl (C=O) groups excluding carboxylic acids is 3. The van der Waals surface area contributed by atoms with Crippen molar-refractivity contribution in [2.24, 2.45) is 0 Å². The Morgan fingerprint density at radius 3 is 2.36 bits per heavy atom. The highest BCUT2D eigenvalue weighted by Crippen LogP contribution is 2.29. The van der Waals surface area contributed by atoms with E-state index in [1.807, 2.05) is 18.2 Å². The fraction of sp³-hybridized carbons (Fsp3) is 0.0909. The normalized spacial score (nSPS) is 13.4. The topological polar surface area (TPSA) is 79.4 Å². The van der Waals surface area contributed by atoms with Crippen LogP contribution in [0, 0.1) is 0 Å². The van der Waals surface area contributed by atoms with Crippen LogP contribution in [0.1, 0.15) is 26.3 Å². The first kappa shape index (κ1) is 17.6. The molecule has 28 heavy (non-hydrogen) atoms. The Kier molecular flexibility index (Phi) is 4.68. The average Bonchev–Trinajstić information content (AvgIpc) is 2.73. The van der Waals surface area contributed by atoms with Gasteiger partial charge < -0.3 is 5.32 Å². The summed E-state index contributed by atoms with van der Waals surface area (Å²) in [6.07, 6.45) is 6.35. The number of carbonyl (C=O) groups is 3. The van der Waals surface area contributed by atoms with Crippen LogP contribution in [0.2, 0.25) is 0 Å². The molecule has 0 saturated carbocycles. The fourth-order valence-electron chi connectivity index (χ4n) is 3.28. The molecule has 1 aliphatic heterocycles. The number of amides is 3. The van der Waals surface area contributed by atoms with E-state index in [1.54, 1.807) is 48.8 Å². The molecule has 138 valence electrons. The van der Waals surface area contributed by atoms with Crippen molar-refractivity contribution in [1.29, 1.82) is 0 Å². The smallest absolute Gasteiger partial charge is 0.261 e. The van der Waals surface area contributed by atoms with Crippen LogP contribution in [-0.2, 0) is 4.79 Å². The van der Waals surface area contributed by atoms with E-state index in [4.69, 9.17) is 0 Å². The van der Waals surface area contributed by atoms with Crippen molar-refractivity contribution >= 4 is 34.6 Å². The Morgan fingerprint density at radius 2 is 1.71 bits per heavy atom. The van der Waals surface area contributed by atoms with Gasteiger partial charge in [0.25, 0.3) is 11.8 Å². The van der Waals surface area contributed by atoms with Crippen LogP contribution in [0.15, 0.2) is 67.0 Å². The first-order valence-electron chi connectivity index (χ1n) is 8.89. The molecular formula is C22H17N3O3. The number of nitrogens with zero attached hydrogens (tertiary/aromatic N) is 2. The highest BCUT2D eigenvalue weighted by Gasteiger charge is 2.32. The predicted octanol–water partition coefficient (Wildman–Crippen LogP) is 2.66. The van der Waals surface area contributed by atoms with E-state index in [9.17, 15) is 14.4 Å². The zero-order valence-electron chi connectivity index (χ0n) is 15.0. The molecule has 2 heterocycles. The summed E-state index contributed by atoms with van der Waals surface area (Å²) in [6.45, 7) is 0.278. The van der Waals surface area contributed by atoms with Gasteiger partial charge in [0.05, 0.1) is 0 Å². The van der Waals surface area contributed by atoms with Gasteiger partial charge >= 0.3 is 0 Å². The first-order valence-corrected chi connectivity index (χ1v) is 8.89. The van der Waals surface area contributed by atoms with Crippen LogP contribution in [0.4, 0.5) is 0 Å². The van der Waals surface area contributed by atoms with E-state index >= 15 is 0 Å². The molecule has 1 aromatic heterocycles. The molecule has 6 nitrogen and oxygen atoms in total. The third kappa shape index (κ3) is 3.27. The van der Waals surface area contributed by atoms with Crippen molar-refractivity contribution < 1.29 is 14.4 Å². The molecule has 0 fully saturated rings. The lowest BCUT2D eigenvalue weighted by molar-refractivity contribution is -0.116. The fourth-order valence-corrected chi connectivity index (χ4v) is 3.28. The van der Waals surface area contributed by atoms with Crippen molar-refractivity contribution in [3.05, 3.63) is 83.7 Å². The molecule has 0 atom stereocenters. The molecule has 1 N–H and O–H groups in total. The van der Waals surface area contributed by atoms with Crippen LogP contribution in [0.25, 0.3) is 16.8 Å². The second-order valence-electron chi connectivity index (χ2n) is 6.38. The van der Waals surface area contributed by atoms with Crippen molar-refractivity contribution in [2.75, 3.05) is 13.1 Å². The van der Waals surface area contributed by atoms with E-state index in [2.05, 4.69) is 10.3 Å². The van der Waals surface area contributed by atoms with Crippen LogP contribution in [-0.4, -0.2) is 40.7 Å². The van der Waals surface area contributed by atoms with Gasteiger partial charge in [-0.2, -0.15) is 0 Å².